The van der Waals surface area contributed by atoms with Gasteiger partial charge in [-0.05, 0) is 55.0 Å². The number of nitrogens with zero attached hydrogens (tertiary/aromatic N) is 4. The molecule has 0 saturated heterocycles. The first-order chi connectivity index (χ1) is 15.0. The van der Waals surface area contributed by atoms with E-state index in [4.69, 9.17) is 33.3 Å². The van der Waals surface area contributed by atoms with E-state index in [1.807, 2.05) is 66.1 Å². The standard InChI is InChI=1S/C24H16Cl2N4O/c1-15-6-2-3-7-20(15)30-22(31)12-11-19(28-30)24-23(17-10-9-16(25)14-18(17)26)27-21-8-4-5-13-29(21)24/h2-14H,1H3. The molecule has 0 aliphatic carbocycles. The zero-order valence-electron chi connectivity index (χ0n) is 16.5. The Hall–Kier alpha value is -3.41. The maximum atomic E-state index is 12.6. The van der Waals surface area contributed by atoms with Gasteiger partial charge < -0.3 is 0 Å². The van der Waals surface area contributed by atoms with Gasteiger partial charge >= 0.3 is 0 Å². The second kappa shape index (κ2) is 7.69. The fourth-order valence-corrected chi connectivity index (χ4v) is 4.12. The van der Waals surface area contributed by atoms with Crippen LogP contribution in [0.4, 0.5) is 0 Å². The molecule has 5 nitrogen and oxygen atoms in total. The third-order valence-corrected chi connectivity index (χ3v) is 5.65. The molecule has 0 aliphatic heterocycles. The summed E-state index contributed by atoms with van der Waals surface area (Å²) in [6.07, 6.45) is 1.91. The van der Waals surface area contributed by atoms with Gasteiger partial charge in [0.25, 0.3) is 5.56 Å². The average Bonchev–Trinajstić information content (AvgIpc) is 3.14. The van der Waals surface area contributed by atoms with Crippen LogP contribution in [-0.2, 0) is 0 Å². The van der Waals surface area contributed by atoms with Crippen LogP contribution in [0.25, 0.3) is 34.0 Å². The predicted molar refractivity (Wildman–Crippen MR) is 124 cm³/mol. The molecule has 3 aromatic heterocycles. The molecule has 0 amide bonds. The van der Waals surface area contributed by atoms with Crippen molar-refractivity contribution in [2.75, 3.05) is 0 Å². The molecule has 31 heavy (non-hydrogen) atoms. The smallest absolute Gasteiger partial charge is 0.271 e. The highest BCUT2D eigenvalue weighted by atomic mass is 35.5. The van der Waals surface area contributed by atoms with E-state index >= 15 is 0 Å². The Bertz CT molecular complexity index is 1500. The highest BCUT2D eigenvalue weighted by molar-refractivity contribution is 6.36. The molecular weight excluding hydrogens is 431 g/mol. The Kier molecular flexibility index (Phi) is 4.85. The van der Waals surface area contributed by atoms with Gasteiger partial charge in [-0.15, -0.1) is 0 Å². The van der Waals surface area contributed by atoms with Crippen LogP contribution >= 0.6 is 23.2 Å². The molecular formula is C24H16Cl2N4O. The average molecular weight is 447 g/mol. The Balaban J connectivity index is 1.81. The van der Waals surface area contributed by atoms with Crippen molar-refractivity contribution in [1.29, 1.82) is 0 Å². The number of hydrogen-bond acceptors (Lipinski definition) is 3. The van der Waals surface area contributed by atoms with Gasteiger partial charge in [-0.2, -0.15) is 9.78 Å². The Morgan fingerprint density at radius 1 is 0.903 bits per heavy atom. The number of fused-ring (bicyclic) bond motifs is 1. The number of aromatic nitrogens is 4. The summed E-state index contributed by atoms with van der Waals surface area (Å²) in [5, 5.41) is 5.74. The van der Waals surface area contributed by atoms with Gasteiger partial charge in [0.15, 0.2) is 0 Å². The van der Waals surface area contributed by atoms with Crippen molar-refractivity contribution in [1.82, 2.24) is 19.2 Å². The fourth-order valence-electron chi connectivity index (χ4n) is 3.62. The van der Waals surface area contributed by atoms with Crippen LogP contribution in [0, 0.1) is 6.92 Å². The number of aryl methyl sites for hydroxylation is 1. The topological polar surface area (TPSA) is 52.2 Å². The molecule has 0 radical (unpaired) electrons. The lowest BCUT2D eigenvalue weighted by Crippen LogP contribution is -2.21. The minimum Gasteiger partial charge on any atom is -0.298 e. The van der Waals surface area contributed by atoms with Gasteiger partial charge in [-0.25, -0.2) is 4.98 Å². The number of rotatable bonds is 3. The minimum atomic E-state index is -0.210. The molecule has 2 aromatic carbocycles. The lowest BCUT2D eigenvalue weighted by atomic mass is 10.1. The second-order valence-corrected chi connectivity index (χ2v) is 7.96. The summed E-state index contributed by atoms with van der Waals surface area (Å²) in [6, 6.07) is 21.9. The summed E-state index contributed by atoms with van der Waals surface area (Å²) in [5.74, 6) is 0. The van der Waals surface area contributed by atoms with Crippen LogP contribution < -0.4 is 5.56 Å². The van der Waals surface area contributed by atoms with E-state index in [0.717, 1.165) is 28.2 Å². The molecule has 0 unspecified atom stereocenters. The van der Waals surface area contributed by atoms with Crippen molar-refractivity contribution in [3.05, 3.63) is 105 Å². The Morgan fingerprint density at radius 2 is 1.71 bits per heavy atom. The van der Waals surface area contributed by atoms with E-state index in [1.165, 1.54) is 10.7 Å². The Morgan fingerprint density at radius 3 is 2.52 bits per heavy atom. The van der Waals surface area contributed by atoms with Crippen LogP contribution in [-0.4, -0.2) is 19.2 Å². The second-order valence-electron chi connectivity index (χ2n) is 7.12. The molecule has 0 spiro atoms. The summed E-state index contributed by atoms with van der Waals surface area (Å²) in [4.78, 5) is 17.4. The van der Waals surface area contributed by atoms with E-state index in [2.05, 4.69) is 0 Å². The predicted octanol–water partition coefficient (Wildman–Crippen LogP) is 5.83. The van der Waals surface area contributed by atoms with E-state index in [-0.39, 0.29) is 5.56 Å². The summed E-state index contributed by atoms with van der Waals surface area (Å²) >= 11 is 12.6. The zero-order chi connectivity index (χ0) is 21.5. The first-order valence-corrected chi connectivity index (χ1v) is 10.4. The lowest BCUT2D eigenvalue weighted by Gasteiger charge is -2.11. The van der Waals surface area contributed by atoms with Gasteiger partial charge in [0.2, 0.25) is 0 Å². The Labute approximate surface area is 188 Å². The normalized spacial score (nSPS) is 11.2. The molecule has 0 aliphatic rings. The third-order valence-electron chi connectivity index (χ3n) is 5.10. The monoisotopic (exact) mass is 446 g/mol. The molecule has 7 heteroatoms. The van der Waals surface area contributed by atoms with Crippen molar-refractivity contribution in [2.24, 2.45) is 0 Å². The molecule has 0 atom stereocenters. The maximum Gasteiger partial charge on any atom is 0.271 e. The largest absolute Gasteiger partial charge is 0.298 e. The van der Waals surface area contributed by atoms with Gasteiger partial charge in [0, 0.05) is 22.8 Å². The number of hydrogen-bond donors (Lipinski definition) is 0. The summed E-state index contributed by atoms with van der Waals surface area (Å²) in [7, 11) is 0. The number of benzene rings is 2. The summed E-state index contributed by atoms with van der Waals surface area (Å²) in [6.45, 7) is 1.95. The SMILES string of the molecule is Cc1ccccc1-n1nc(-c2c(-c3ccc(Cl)cc3Cl)nc3ccccn23)ccc1=O. The first-order valence-electron chi connectivity index (χ1n) is 9.62. The molecule has 0 bridgehead atoms. The van der Waals surface area contributed by atoms with Crippen molar-refractivity contribution in [2.45, 2.75) is 6.92 Å². The fraction of sp³-hybridized carbons (Fsp3) is 0.0417. The van der Waals surface area contributed by atoms with E-state index < -0.39 is 0 Å². The summed E-state index contributed by atoms with van der Waals surface area (Å²) in [5.41, 5.74) is 4.95. The van der Waals surface area contributed by atoms with Gasteiger partial charge in [-0.1, -0.05) is 47.5 Å². The number of pyridine rings is 1. The molecule has 5 aromatic rings. The van der Waals surface area contributed by atoms with Crippen molar-refractivity contribution < 1.29 is 0 Å². The van der Waals surface area contributed by atoms with Crippen LogP contribution in [0.1, 0.15) is 5.56 Å². The molecule has 3 heterocycles. The van der Waals surface area contributed by atoms with Crippen LogP contribution in [0.3, 0.4) is 0 Å². The molecule has 5 rings (SSSR count). The zero-order valence-corrected chi connectivity index (χ0v) is 18.0. The molecule has 0 saturated carbocycles. The first kappa shape index (κ1) is 19.5. The van der Waals surface area contributed by atoms with Gasteiger partial charge in [-0.3, -0.25) is 9.20 Å². The molecule has 152 valence electrons. The number of imidazole rings is 1. The van der Waals surface area contributed by atoms with Crippen molar-refractivity contribution in [3.8, 4) is 28.3 Å². The van der Waals surface area contributed by atoms with Crippen LogP contribution in [0.5, 0.6) is 0 Å². The van der Waals surface area contributed by atoms with Gasteiger partial charge in [0.05, 0.1) is 10.7 Å². The lowest BCUT2D eigenvalue weighted by molar-refractivity contribution is 0.804. The maximum absolute atomic E-state index is 12.6. The quantitative estimate of drug-likeness (QED) is 0.350. The third kappa shape index (κ3) is 3.42. The molecule has 0 fully saturated rings. The van der Waals surface area contributed by atoms with E-state index in [0.29, 0.717) is 21.4 Å². The van der Waals surface area contributed by atoms with Gasteiger partial charge in [0.1, 0.15) is 22.7 Å². The van der Waals surface area contributed by atoms with Crippen LogP contribution in [0.15, 0.2) is 83.8 Å². The molecule has 0 N–H and O–H groups in total. The van der Waals surface area contributed by atoms with E-state index in [9.17, 15) is 4.79 Å². The minimum absolute atomic E-state index is 0.210. The van der Waals surface area contributed by atoms with Crippen LogP contribution in [0.2, 0.25) is 10.0 Å². The van der Waals surface area contributed by atoms with Crippen molar-refractivity contribution >= 4 is 28.8 Å². The van der Waals surface area contributed by atoms with E-state index in [1.54, 1.807) is 18.2 Å². The summed E-state index contributed by atoms with van der Waals surface area (Å²) < 4.78 is 3.36. The highest BCUT2D eigenvalue weighted by Gasteiger charge is 2.20. The highest BCUT2D eigenvalue weighted by Crippen LogP contribution is 2.36. The van der Waals surface area contributed by atoms with Crippen molar-refractivity contribution in [3.63, 3.8) is 0 Å². The number of halogens is 2. The number of para-hydroxylation sites is 1.